The molecule has 0 aliphatic carbocycles. The molecule has 0 aliphatic heterocycles. The van der Waals surface area contributed by atoms with Crippen molar-refractivity contribution in [1.82, 2.24) is 5.43 Å². The summed E-state index contributed by atoms with van der Waals surface area (Å²) in [6, 6.07) is 3.26. The van der Waals surface area contributed by atoms with Gasteiger partial charge in [-0.25, -0.2) is 5.84 Å². The van der Waals surface area contributed by atoms with Crippen molar-refractivity contribution >= 4 is 21.8 Å². The molecule has 0 unspecified atom stereocenters. The van der Waals surface area contributed by atoms with Crippen LogP contribution in [0.3, 0.4) is 0 Å². The van der Waals surface area contributed by atoms with Gasteiger partial charge in [-0.2, -0.15) is 0 Å². The van der Waals surface area contributed by atoms with Crippen LogP contribution >= 0.6 is 15.9 Å². The van der Waals surface area contributed by atoms with Crippen LogP contribution in [-0.4, -0.2) is 12.3 Å². The molecular formula is C8H6BrF3N2O2. The van der Waals surface area contributed by atoms with Crippen LogP contribution in [-0.2, 0) is 0 Å². The van der Waals surface area contributed by atoms with Crippen LogP contribution < -0.4 is 16.0 Å². The summed E-state index contributed by atoms with van der Waals surface area (Å²) in [5, 5.41) is 0. The second-order valence-corrected chi connectivity index (χ2v) is 3.52. The van der Waals surface area contributed by atoms with Crippen LogP contribution in [0.15, 0.2) is 22.7 Å². The number of carbonyl (C=O) groups is 1. The van der Waals surface area contributed by atoms with Gasteiger partial charge in [-0.1, -0.05) is 0 Å². The van der Waals surface area contributed by atoms with Gasteiger partial charge in [0.1, 0.15) is 5.75 Å². The Morgan fingerprint density at radius 2 is 2.06 bits per heavy atom. The van der Waals surface area contributed by atoms with E-state index in [9.17, 15) is 18.0 Å². The number of nitrogens with two attached hydrogens (primary N) is 1. The third kappa shape index (κ3) is 3.38. The molecule has 0 heterocycles. The van der Waals surface area contributed by atoms with E-state index in [0.717, 1.165) is 12.1 Å². The first-order chi connectivity index (χ1) is 7.33. The summed E-state index contributed by atoms with van der Waals surface area (Å²) >= 11 is 3.00. The van der Waals surface area contributed by atoms with Gasteiger partial charge in [0.2, 0.25) is 0 Å². The van der Waals surface area contributed by atoms with Crippen LogP contribution in [0.4, 0.5) is 13.2 Å². The normalized spacial score (nSPS) is 11.1. The molecule has 0 bridgehead atoms. The lowest BCUT2D eigenvalue weighted by Gasteiger charge is -2.10. The van der Waals surface area contributed by atoms with Gasteiger partial charge in [0.25, 0.3) is 5.91 Å². The van der Waals surface area contributed by atoms with Crippen LogP contribution in [0.5, 0.6) is 5.75 Å². The number of ether oxygens (including phenoxy) is 1. The average Bonchev–Trinajstić information content (AvgIpc) is 2.18. The number of nitrogens with one attached hydrogen (secondary N) is 1. The lowest BCUT2D eigenvalue weighted by atomic mass is 10.2. The predicted octanol–water partition coefficient (Wildman–Crippen LogP) is 1.95. The monoisotopic (exact) mass is 298 g/mol. The van der Waals surface area contributed by atoms with Gasteiger partial charge in [0.05, 0.1) is 5.56 Å². The number of hydrazine groups is 1. The molecule has 1 amide bonds. The van der Waals surface area contributed by atoms with E-state index in [-0.39, 0.29) is 5.56 Å². The van der Waals surface area contributed by atoms with Gasteiger partial charge in [-0.05, 0) is 34.1 Å². The summed E-state index contributed by atoms with van der Waals surface area (Å²) in [6.45, 7) is 0. The predicted molar refractivity (Wildman–Crippen MR) is 52.5 cm³/mol. The topological polar surface area (TPSA) is 64.3 Å². The maximum absolute atomic E-state index is 11.9. The van der Waals surface area contributed by atoms with Crippen LogP contribution in [0.25, 0.3) is 0 Å². The van der Waals surface area contributed by atoms with Crippen LogP contribution in [0, 0.1) is 0 Å². The van der Waals surface area contributed by atoms with E-state index in [4.69, 9.17) is 5.84 Å². The van der Waals surface area contributed by atoms with E-state index in [0.29, 0.717) is 4.47 Å². The van der Waals surface area contributed by atoms with Crippen molar-refractivity contribution in [2.45, 2.75) is 6.36 Å². The average molecular weight is 299 g/mol. The Labute approximate surface area is 96.7 Å². The molecule has 0 fully saturated rings. The van der Waals surface area contributed by atoms with Gasteiger partial charge >= 0.3 is 6.36 Å². The molecule has 0 aromatic heterocycles. The number of halogens is 4. The summed E-state index contributed by atoms with van der Waals surface area (Å²) < 4.78 is 39.7. The zero-order chi connectivity index (χ0) is 12.3. The zero-order valence-electron chi connectivity index (χ0n) is 7.64. The Bertz CT molecular complexity index is 409. The first kappa shape index (κ1) is 12.8. The molecule has 0 atom stereocenters. The lowest BCUT2D eigenvalue weighted by Crippen LogP contribution is -2.30. The fourth-order valence-corrected chi connectivity index (χ4v) is 1.38. The fourth-order valence-electron chi connectivity index (χ4n) is 0.953. The highest BCUT2D eigenvalue weighted by Crippen LogP contribution is 2.27. The minimum Gasteiger partial charge on any atom is -0.406 e. The molecule has 0 aliphatic rings. The summed E-state index contributed by atoms with van der Waals surface area (Å²) in [6.07, 6.45) is -4.80. The molecule has 88 valence electrons. The molecule has 4 nitrogen and oxygen atoms in total. The number of amides is 1. The van der Waals surface area contributed by atoms with E-state index in [2.05, 4.69) is 20.7 Å². The Morgan fingerprint density at radius 3 is 2.56 bits per heavy atom. The molecule has 16 heavy (non-hydrogen) atoms. The first-order valence-electron chi connectivity index (χ1n) is 3.90. The number of hydrogen-bond donors (Lipinski definition) is 2. The first-order valence-corrected chi connectivity index (χ1v) is 4.69. The quantitative estimate of drug-likeness (QED) is 0.498. The third-order valence-electron chi connectivity index (χ3n) is 1.55. The second kappa shape index (κ2) is 4.71. The Kier molecular flexibility index (Phi) is 3.76. The summed E-state index contributed by atoms with van der Waals surface area (Å²) in [5.74, 6) is 3.65. The Morgan fingerprint density at radius 1 is 1.44 bits per heavy atom. The lowest BCUT2D eigenvalue weighted by molar-refractivity contribution is -0.274. The molecular weight excluding hydrogens is 293 g/mol. The van der Waals surface area contributed by atoms with Crippen molar-refractivity contribution in [3.05, 3.63) is 28.2 Å². The van der Waals surface area contributed by atoms with Crippen molar-refractivity contribution in [2.24, 2.45) is 5.84 Å². The SMILES string of the molecule is NNC(=O)c1cc(OC(F)(F)F)ccc1Br. The molecule has 3 N–H and O–H groups in total. The highest BCUT2D eigenvalue weighted by atomic mass is 79.9. The number of nitrogen functional groups attached to an aromatic ring is 1. The Balaban J connectivity index is 3.03. The van der Waals surface area contributed by atoms with E-state index < -0.39 is 18.0 Å². The van der Waals surface area contributed by atoms with Crippen LogP contribution in [0.1, 0.15) is 10.4 Å². The molecule has 0 radical (unpaired) electrons. The van der Waals surface area contributed by atoms with Crippen molar-refractivity contribution in [2.75, 3.05) is 0 Å². The minimum absolute atomic E-state index is 0.0516. The van der Waals surface area contributed by atoms with E-state index >= 15 is 0 Å². The number of carbonyl (C=O) groups excluding carboxylic acids is 1. The van der Waals surface area contributed by atoms with E-state index in [1.54, 1.807) is 5.43 Å². The smallest absolute Gasteiger partial charge is 0.406 e. The summed E-state index contributed by atoms with van der Waals surface area (Å²) in [7, 11) is 0. The largest absolute Gasteiger partial charge is 0.573 e. The number of rotatable bonds is 2. The van der Waals surface area contributed by atoms with E-state index in [1.165, 1.54) is 6.07 Å². The summed E-state index contributed by atoms with van der Waals surface area (Å²) in [4.78, 5) is 11.1. The maximum Gasteiger partial charge on any atom is 0.573 e. The van der Waals surface area contributed by atoms with Gasteiger partial charge in [0.15, 0.2) is 0 Å². The Hall–Kier alpha value is -1.28. The van der Waals surface area contributed by atoms with Gasteiger partial charge in [-0.15, -0.1) is 13.2 Å². The zero-order valence-corrected chi connectivity index (χ0v) is 9.22. The molecule has 0 saturated carbocycles. The molecule has 1 aromatic carbocycles. The minimum atomic E-state index is -4.80. The number of benzene rings is 1. The number of hydrogen-bond acceptors (Lipinski definition) is 3. The molecule has 1 aromatic rings. The van der Waals surface area contributed by atoms with E-state index in [1.807, 2.05) is 0 Å². The van der Waals surface area contributed by atoms with Crippen LogP contribution in [0.2, 0.25) is 0 Å². The molecule has 8 heteroatoms. The number of alkyl halides is 3. The van der Waals surface area contributed by atoms with Crippen molar-refractivity contribution in [3.63, 3.8) is 0 Å². The van der Waals surface area contributed by atoms with Crippen molar-refractivity contribution in [1.29, 1.82) is 0 Å². The highest BCUT2D eigenvalue weighted by Gasteiger charge is 2.31. The summed E-state index contributed by atoms with van der Waals surface area (Å²) in [5.41, 5.74) is 1.75. The fraction of sp³-hybridized carbons (Fsp3) is 0.125. The van der Waals surface area contributed by atoms with Gasteiger partial charge in [0, 0.05) is 4.47 Å². The van der Waals surface area contributed by atoms with Gasteiger partial charge < -0.3 is 4.74 Å². The molecule has 0 saturated heterocycles. The van der Waals surface area contributed by atoms with Crippen molar-refractivity contribution < 1.29 is 22.7 Å². The van der Waals surface area contributed by atoms with Gasteiger partial charge in [-0.3, -0.25) is 10.2 Å². The molecule has 0 spiro atoms. The molecule has 1 rings (SSSR count). The standard InChI is InChI=1S/C8H6BrF3N2O2/c9-6-2-1-4(16-8(10,11)12)3-5(6)7(15)14-13/h1-3H,13H2,(H,14,15). The second-order valence-electron chi connectivity index (χ2n) is 2.66. The highest BCUT2D eigenvalue weighted by molar-refractivity contribution is 9.10. The maximum atomic E-state index is 11.9. The third-order valence-corrected chi connectivity index (χ3v) is 2.24. The van der Waals surface area contributed by atoms with Crippen molar-refractivity contribution in [3.8, 4) is 5.75 Å².